The molecule has 1 amide bonds. The van der Waals surface area contributed by atoms with E-state index in [1.165, 1.54) is 0 Å². The Kier molecular flexibility index (Phi) is 7.48. The standard InChI is InChI=1S/C21H27ClN2O/c1-15(2)10-17(13-23)11-21(25)24-14-16-6-8-18(9-7-16)19-4-3-5-20(22)12-19/h3-9,12,15,17H,10-11,13-14,23H2,1-2H3,(H,24,25). The van der Waals surface area contributed by atoms with E-state index in [4.69, 9.17) is 17.3 Å². The van der Waals surface area contributed by atoms with Crippen molar-refractivity contribution in [3.8, 4) is 11.1 Å². The van der Waals surface area contributed by atoms with E-state index in [0.717, 1.165) is 28.1 Å². The summed E-state index contributed by atoms with van der Waals surface area (Å²) in [7, 11) is 0. The van der Waals surface area contributed by atoms with Gasteiger partial charge >= 0.3 is 0 Å². The molecule has 1 atom stereocenters. The molecule has 25 heavy (non-hydrogen) atoms. The fraction of sp³-hybridized carbons (Fsp3) is 0.381. The first kappa shape index (κ1) is 19.5. The van der Waals surface area contributed by atoms with Crippen molar-refractivity contribution < 1.29 is 4.79 Å². The Bertz CT molecular complexity index is 683. The Hall–Kier alpha value is -1.84. The fourth-order valence-corrected chi connectivity index (χ4v) is 3.14. The van der Waals surface area contributed by atoms with Gasteiger partial charge in [0.1, 0.15) is 0 Å². The molecule has 1 unspecified atom stereocenters. The van der Waals surface area contributed by atoms with Crippen LogP contribution in [-0.4, -0.2) is 12.5 Å². The predicted octanol–water partition coefficient (Wildman–Crippen LogP) is 4.63. The van der Waals surface area contributed by atoms with Gasteiger partial charge in [-0.1, -0.05) is 61.8 Å². The van der Waals surface area contributed by atoms with E-state index < -0.39 is 0 Å². The lowest BCUT2D eigenvalue weighted by Gasteiger charge is -2.16. The smallest absolute Gasteiger partial charge is 0.220 e. The van der Waals surface area contributed by atoms with E-state index in [0.29, 0.717) is 25.4 Å². The number of rotatable bonds is 8. The van der Waals surface area contributed by atoms with E-state index in [1.54, 1.807) is 0 Å². The van der Waals surface area contributed by atoms with Crippen molar-refractivity contribution in [2.75, 3.05) is 6.54 Å². The molecule has 0 fully saturated rings. The lowest BCUT2D eigenvalue weighted by atomic mass is 9.94. The number of amides is 1. The molecule has 0 aliphatic rings. The number of benzene rings is 2. The van der Waals surface area contributed by atoms with Gasteiger partial charge < -0.3 is 11.1 Å². The van der Waals surface area contributed by atoms with Gasteiger partial charge in [-0.15, -0.1) is 0 Å². The van der Waals surface area contributed by atoms with Gasteiger partial charge in [0.15, 0.2) is 0 Å². The lowest BCUT2D eigenvalue weighted by Crippen LogP contribution is -2.28. The van der Waals surface area contributed by atoms with Gasteiger partial charge in [0, 0.05) is 18.0 Å². The molecule has 2 aromatic rings. The van der Waals surface area contributed by atoms with Gasteiger partial charge in [0.05, 0.1) is 0 Å². The van der Waals surface area contributed by atoms with Crippen LogP contribution in [-0.2, 0) is 11.3 Å². The van der Waals surface area contributed by atoms with Crippen molar-refractivity contribution in [2.24, 2.45) is 17.6 Å². The van der Waals surface area contributed by atoms with Crippen molar-refractivity contribution in [1.82, 2.24) is 5.32 Å². The van der Waals surface area contributed by atoms with Crippen molar-refractivity contribution in [2.45, 2.75) is 33.2 Å². The van der Waals surface area contributed by atoms with E-state index in [1.807, 2.05) is 36.4 Å². The highest BCUT2D eigenvalue weighted by molar-refractivity contribution is 6.30. The highest BCUT2D eigenvalue weighted by Gasteiger charge is 2.13. The van der Waals surface area contributed by atoms with Gasteiger partial charge in [-0.2, -0.15) is 0 Å². The SMILES string of the molecule is CC(C)CC(CN)CC(=O)NCc1ccc(-c2cccc(Cl)c2)cc1. The molecule has 4 heteroatoms. The molecule has 134 valence electrons. The number of hydrogen-bond donors (Lipinski definition) is 2. The number of nitrogens with two attached hydrogens (primary N) is 1. The minimum Gasteiger partial charge on any atom is -0.352 e. The van der Waals surface area contributed by atoms with Crippen LogP contribution in [0, 0.1) is 11.8 Å². The highest BCUT2D eigenvalue weighted by atomic mass is 35.5. The summed E-state index contributed by atoms with van der Waals surface area (Å²) in [6, 6.07) is 15.9. The van der Waals surface area contributed by atoms with Gasteiger partial charge in [-0.25, -0.2) is 0 Å². The first-order valence-corrected chi connectivity index (χ1v) is 9.17. The molecule has 0 aromatic heterocycles. The Balaban J connectivity index is 1.88. The second-order valence-electron chi connectivity index (χ2n) is 6.92. The maximum absolute atomic E-state index is 12.1. The van der Waals surface area contributed by atoms with E-state index >= 15 is 0 Å². The third-order valence-electron chi connectivity index (χ3n) is 4.21. The van der Waals surface area contributed by atoms with Crippen molar-refractivity contribution in [3.05, 3.63) is 59.1 Å². The van der Waals surface area contributed by atoms with Crippen molar-refractivity contribution in [1.29, 1.82) is 0 Å². The molecule has 0 heterocycles. The average Bonchev–Trinajstić information content (AvgIpc) is 2.59. The minimum absolute atomic E-state index is 0.0648. The molecule has 3 N–H and O–H groups in total. The summed E-state index contributed by atoms with van der Waals surface area (Å²) < 4.78 is 0. The number of carbonyl (C=O) groups is 1. The molecule has 2 rings (SSSR count). The minimum atomic E-state index is 0.0648. The maximum atomic E-state index is 12.1. The van der Waals surface area contributed by atoms with Crippen LogP contribution in [0.15, 0.2) is 48.5 Å². The molecule has 0 spiro atoms. The van der Waals surface area contributed by atoms with E-state index in [2.05, 4.69) is 31.3 Å². The summed E-state index contributed by atoms with van der Waals surface area (Å²) in [5, 5.41) is 3.72. The van der Waals surface area contributed by atoms with Gasteiger partial charge in [0.2, 0.25) is 5.91 Å². The molecule has 0 saturated heterocycles. The second-order valence-corrected chi connectivity index (χ2v) is 7.36. The largest absolute Gasteiger partial charge is 0.352 e. The highest BCUT2D eigenvalue weighted by Crippen LogP contribution is 2.23. The molecular weight excluding hydrogens is 332 g/mol. The zero-order chi connectivity index (χ0) is 18.2. The normalized spacial score (nSPS) is 12.2. The van der Waals surface area contributed by atoms with Crippen LogP contribution in [0.3, 0.4) is 0 Å². The van der Waals surface area contributed by atoms with Crippen LogP contribution in [0.4, 0.5) is 0 Å². The van der Waals surface area contributed by atoms with E-state index in [9.17, 15) is 4.79 Å². The molecule has 0 radical (unpaired) electrons. The summed E-state index contributed by atoms with van der Waals surface area (Å²) in [6.45, 7) is 5.40. The molecule has 3 nitrogen and oxygen atoms in total. The average molecular weight is 359 g/mol. The Morgan fingerprint density at radius 2 is 1.84 bits per heavy atom. The van der Waals surface area contributed by atoms with Crippen LogP contribution >= 0.6 is 11.6 Å². The summed E-state index contributed by atoms with van der Waals surface area (Å²) in [4.78, 5) is 12.1. The first-order chi connectivity index (χ1) is 12.0. The third-order valence-corrected chi connectivity index (χ3v) is 4.45. The Morgan fingerprint density at radius 3 is 2.44 bits per heavy atom. The first-order valence-electron chi connectivity index (χ1n) is 8.79. The van der Waals surface area contributed by atoms with Gasteiger partial charge in [-0.05, 0) is 53.6 Å². The van der Waals surface area contributed by atoms with Crippen molar-refractivity contribution >= 4 is 17.5 Å². The summed E-state index contributed by atoms with van der Waals surface area (Å²) in [5.41, 5.74) is 9.04. The number of carbonyl (C=O) groups excluding carboxylic acids is 1. The third kappa shape index (κ3) is 6.52. The zero-order valence-corrected chi connectivity index (χ0v) is 15.7. The van der Waals surface area contributed by atoms with Gasteiger partial charge in [0.25, 0.3) is 0 Å². The fourth-order valence-electron chi connectivity index (χ4n) is 2.95. The Morgan fingerprint density at radius 1 is 1.12 bits per heavy atom. The van der Waals surface area contributed by atoms with Crippen LogP contribution < -0.4 is 11.1 Å². The topological polar surface area (TPSA) is 55.1 Å². The quantitative estimate of drug-likeness (QED) is 0.722. The monoisotopic (exact) mass is 358 g/mol. The predicted molar refractivity (Wildman–Crippen MR) is 105 cm³/mol. The second kappa shape index (κ2) is 9.59. The zero-order valence-electron chi connectivity index (χ0n) is 15.0. The van der Waals surface area contributed by atoms with Crippen LogP contribution in [0.2, 0.25) is 5.02 Å². The van der Waals surface area contributed by atoms with Crippen molar-refractivity contribution in [3.63, 3.8) is 0 Å². The number of hydrogen-bond acceptors (Lipinski definition) is 2. The summed E-state index contributed by atoms with van der Waals surface area (Å²) in [6.07, 6.45) is 1.48. The molecule has 2 aromatic carbocycles. The molecule has 0 aliphatic carbocycles. The summed E-state index contributed by atoms with van der Waals surface area (Å²) >= 11 is 6.04. The molecule has 0 aliphatic heterocycles. The molecular formula is C21H27ClN2O. The Labute approximate surface area is 155 Å². The molecule has 0 saturated carbocycles. The lowest BCUT2D eigenvalue weighted by molar-refractivity contribution is -0.122. The van der Waals surface area contributed by atoms with Crippen LogP contribution in [0.25, 0.3) is 11.1 Å². The van der Waals surface area contributed by atoms with Crippen LogP contribution in [0.1, 0.15) is 32.3 Å². The van der Waals surface area contributed by atoms with Crippen LogP contribution in [0.5, 0.6) is 0 Å². The maximum Gasteiger partial charge on any atom is 0.220 e. The summed E-state index contributed by atoms with van der Waals surface area (Å²) in [5.74, 6) is 0.876. The number of nitrogens with one attached hydrogen (secondary N) is 1. The van der Waals surface area contributed by atoms with E-state index in [-0.39, 0.29) is 11.8 Å². The van der Waals surface area contributed by atoms with Gasteiger partial charge in [-0.3, -0.25) is 4.79 Å². The number of halogens is 1. The molecule has 0 bridgehead atoms.